The molecule has 4 nitrogen and oxygen atoms in total. The number of carbonyl (C=O) groups excluding carboxylic acids is 1. The summed E-state index contributed by atoms with van der Waals surface area (Å²) in [6, 6.07) is 37.0. The number of rotatable bonds is 4. The summed E-state index contributed by atoms with van der Waals surface area (Å²) in [7, 11) is 0. The molecule has 31 heavy (non-hydrogen) atoms. The number of urea groups is 1. The largest absolute Gasteiger partial charge is 0.364 e. The highest BCUT2D eigenvalue weighted by molar-refractivity contribution is 6.08. The van der Waals surface area contributed by atoms with Gasteiger partial charge in [-0.2, -0.15) is 0 Å². The van der Waals surface area contributed by atoms with Gasteiger partial charge in [0.05, 0.1) is 0 Å². The van der Waals surface area contributed by atoms with Gasteiger partial charge < -0.3 is 5.11 Å². The predicted octanol–water partition coefficient (Wildman–Crippen LogP) is 5.72. The second-order valence-electron chi connectivity index (χ2n) is 7.56. The van der Waals surface area contributed by atoms with Crippen molar-refractivity contribution in [3.05, 3.63) is 132 Å². The lowest BCUT2D eigenvalue weighted by molar-refractivity contribution is 0.0312. The van der Waals surface area contributed by atoms with E-state index in [0.29, 0.717) is 11.3 Å². The monoisotopic (exact) mass is 406 g/mol. The summed E-state index contributed by atoms with van der Waals surface area (Å²) in [5, 5.41) is 12.5. The fourth-order valence-electron chi connectivity index (χ4n) is 4.39. The summed E-state index contributed by atoms with van der Waals surface area (Å²) >= 11 is 0. The summed E-state index contributed by atoms with van der Waals surface area (Å²) in [6.07, 6.45) is 0. The topological polar surface area (TPSA) is 43.8 Å². The third-order valence-corrected chi connectivity index (χ3v) is 5.74. The van der Waals surface area contributed by atoms with Crippen molar-refractivity contribution in [2.45, 2.75) is 11.8 Å². The molecule has 0 radical (unpaired) electrons. The van der Waals surface area contributed by atoms with Crippen LogP contribution in [0, 0.1) is 0 Å². The van der Waals surface area contributed by atoms with Crippen molar-refractivity contribution >= 4 is 17.4 Å². The highest BCUT2D eigenvalue weighted by Crippen LogP contribution is 2.51. The van der Waals surface area contributed by atoms with Gasteiger partial charge in [-0.05, 0) is 29.8 Å². The van der Waals surface area contributed by atoms with Gasteiger partial charge in [0.15, 0.2) is 5.72 Å². The predicted molar refractivity (Wildman–Crippen MR) is 123 cm³/mol. The molecule has 1 fully saturated rings. The van der Waals surface area contributed by atoms with Crippen LogP contribution in [0.1, 0.15) is 17.2 Å². The number of carbonyl (C=O) groups is 1. The minimum Gasteiger partial charge on any atom is -0.364 e. The lowest BCUT2D eigenvalue weighted by Crippen LogP contribution is -2.46. The highest BCUT2D eigenvalue weighted by atomic mass is 16.3. The van der Waals surface area contributed by atoms with E-state index in [2.05, 4.69) is 0 Å². The molecule has 4 aromatic rings. The zero-order valence-electron chi connectivity index (χ0n) is 16.9. The van der Waals surface area contributed by atoms with Crippen LogP contribution in [0.25, 0.3) is 0 Å². The zero-order valence-corrected chi connectivity index (χ0v) is 16.9. The average Bonchev–Trinajstić information content (AvgIpc) is 3.09. The molecule has 2 unspecified atom stereocenters. The molecule has 1 N–H and O–H groups in total. The fraction of sp³-hybridized carbons (Fsp3) is 0.0741. The molecule has 5 rings (SSSR count). The maximum Gasteiger partial charge on any atom is 0.332 e. The maximum atomic E-state index is 14.0. The van der Waals surface area contributed by atoms with E-state index in [-0.39, 0.29) is 6.03 Å². The number of nitrogens with zero attached hydrogens (tertiary/aromatic N) is 2. The Balaban J connectivity index is 1.81. The third-order valence-electron chi connectivity index (χ3n) is 5.74. The Morgan fingerprint density at radius 2 is 1.06 bits per heavy atom. The van der Waals surface area contributed by atoms with E-state index in [4.69, 9.17) is 0 Å². The molecule has 0 bridgehead atoms. The Bertz CT molecular complexity index is 1170. The number of para-hydroxylation sites is 2. The summed E-state index contributed by atoms with van der Waals surface area (Å²) in [5.74, 6) is 0. The summed E-state index contributed by atoms with van der Waals surface area (Å²) in [5.41, 5.74) is 1.26. The Morgan fingerprint density at radius 3 is 1.61 bits per heavy atom. The lowest BCUT2D eigenvalue weighted by Gasteiger charge is -2.37. The number of hydrogen-bond donors (Lipinski definition) is 1. The van der Waals surface area contributed by atoms with Crippen LogP contribution < -0.4 is 9.80 Å². The molecule has 2 amide bonds. The molecule has 1 saturated heterocycles. The van der Waals surface area contributed by atoms with Crippen molar-refractivity contribution < 1.29 is 9.90 Å². The van der Waals surface area contributed by atoms with E-state index in [9.17, 15) is 9.90 Å². The van der Waals surface area contributed by atoms with Crippen molar-refractivity contribution in [3.8, 4) is 0 Å². The van der Waals surface area contributed by atoms with Gasteiger partial charge in [-0.3, -0.25) is 9.80 Å². The molecular formula is C27H22N2O2. The Hall–Kier alpha value is -3.89. The fourth-order valence-corrected chi connectivity index (χ4v) is 4.39. The van der Waals surface area contributed by atoms with Crippen LogP contribution in [0.4, 0.5) is 16.2 Å². The Kier molecular flexibility index (Phi) is 4.77. The first kappa shape index (κ1) is 19.1. The van der Waals surface area contributed by atoms with Gasteiger partial charge in [0.1, 0.15) is 6.04 Å². The minimum absolute atomic E-state index is 0.280. The van der Waals surface area contributed by atoms with E-state index >= 15 is 0 Å². The molecule has 1 aliphatic rings. The molecule has 2 atom stereocenters. The Labute approximate surface area is 181 Å². The van der Waals surface area contributed by atoms with Crippen LogP contribution in [-0.2, 0) is 5.72 Å². The molecule has 0 spiro atoms. The first-order valence-electron chi connectivity index (χ1n) is 10.3. The van der Waals surface area contributed by atoms with Gasteiger partial charge >= 0.3 is 6.03 Å². The van der Waals surface area contributed by atoms with Gasteiger partial charge in [-0.15, -0.1) is 0 Å². The molecule has 0 aromatic heterocycles. The van der Waals surface area contributed by atoms with Crippen LogP contribution in [0.2, 0.25) is 0 Å². The number of hydrogen-bond acceptors (Lipinski definition) is 2. The smallest absolute Gasteiger partial charge is 0.332 e. The van der Waals surface area contributed by atoms with Gasteiger partial charge in [-0.1, -0.05) is 97.1 Å². The van der Waals surface area contributed by atoms with E-state index in [1.165, 1.54) is 4.90 Å². The van der Waals surface area contributed by atoms with Crippen molar-refractivity contribution in [2.75, 3.05) is 9.80 Å². The van der Waals surface area contributed by atoms with Gasteiger partial charge in [-0.25, -0.2) is 4.79 Å². The lowest BCUT2D eigenvalue weighted by atomic mass is 9.88. The van der Waals surface area contributed by atoms with Crippen LogP contribution in [0.15, 0.2) is 121 Å². The van der Waals surface area contributed by atoms with Crippen LogP contribution in [0.5, 0.6) is 0 Å². The van der Waals surface area contributed by atoms with Crippen molar-refractivity contribution in [1.29, 1.82) is 0 Å². The first-order valence-corrected chi connectivity index (χ1v) is 10.3. The molecule has 0 aliphatic carbocycles. The first-order chi connectivity index (χ1) is 15.2. The van der Waals surface area contributed by atoms with Crippen molar-refractivity contribution in [3.63, 3.8) is 0 Å². The van der Waals surface area contributed by atoms with E-state index in [1.807, 2.05) is 121 Å². The molecule has 4 aromatic carbocycles. The van der Waals surface area contributed by atoms with Crippen LogP contribution >= 0.6 is 0 Å². The molecule has 1 aliphatic heterocycles. The SMILES string of the molecule is O=C1N(c2ccccc2)C(c2ccccc2)C(O)(c2ccccc2)N1c1ccccc1. The number of aliphatic hydroxyl groups is 1. The Morgan fingerprint density at radius 1 is 0.613 bits per heavy atom. The van der Waals surface area contributed by atoms with Crippen LogP contribution in [-0.4, -0.2) is 11.1 Å². The van der Waals surface area contributed by atoms with Gasteiger partial charge in [0.2, 0.25) is 0 Å². The molecule has 1 heterocycles. The minimum atomic E-state index is -1.61. The molecule has 152 valence electrons. The highest BCUT2D eigenvalue weighted by Gasteiger charge is 2.59. The summed E-state index contributed by atoms with van der Waals surface area (Å²) in [6.45, 7) is 0. The molecule has 0 saturated carbocycles. The van der Waals surface area contributed by atoms with Crippen LogP contribution in [0.3, 0.4) is 0 Å². The van der Waals surface area contributed by atoms with Gasteiger partial charge in [0.25, 0.3) is 0 Å². The second kappa shape index (κ2) is 7.74. The third kappa shape index (κ3) is 3.09. The normalized spacial score (nSPS) is 20.8. The molecule has 4 heteroatoms. The maximum absolute atomic E-state index is 14.0. The molecular weight excluding hydrogens is 384 g/mol. The average molecular weight is 406 g/mol. The summed E-state index contributed by atoms with van der Waals surface area (Å²) < 4.78 is 0. The number of amides is 2. The van der Waals surface area contributed by atoms with E-state index in [0.717, 1.165) is 11.3 Å². The zero-order chi connectivity index (χ0) is 21.3. The van der Waals surface area contributed by atoms with Gasteiger partial charge in [0, 0.05) is 16.9 Å². The van der Waals surface area contributed by atoms with E-state index in [1.54, 1.807) is 4.90 Å². The summed E-state index contributed by atoms with van der Waals surface area (Å²) in [4.78, 5) is 17.2. The van der Waals surface area contributed by atoms with Crippen molar-refractivity contribution in [2.24, 2.45) is 0 Å². The van der Waals surface area contributed by atoms with E-state index < -0.39 is 11.8 Å². The number of benzene rings is 4. The number of anilines is 2. The van der Waals surface area contributed by atoms with Crippen molar-refractivity contribution in [1.82, 2.24) is 0 Å². The standard InChI is InChI=1S/C27H22N2O2/c30-26-28(23-17-9-3-10-18-23)25(21-13-5-1-6-14-21)27(31,22-15-7-2-8-16-22)29(26)24-19-11-4-12-20-24/h1-20,25,31H. The quantitative estimate of drug-likeness (QED) is 0.471. The second-order valence-corrected chi connectivity index (χ2v) is 7.56.